The largest absolute Gasteiger partial charge is 0.374 e. The molecule has 0 saturated carbocycles. The number of nitrogens with zero attached hydrogens (tertiary/aromatic N) is 1. The number of ether oxygens (including phenoxy) is 1. The fourth-order valence-electron chi connectivity index (χ4n) is 2.21. The molecule has 0 aromatic heterocycles. The monoisotopic (exact) mass is 263 g/mol. The summed E-state index contributed by atoms with van der Waals surface area (Å²) in [6.45, 7) is 5.35. The van der Waals surface area contributed by atoms with Gasteiger partial charge in [0.1, 0.15) is 5.82 Å². The molecule has 1 saturated heterocycles. The lowest BCUT2D eigenvalue weighted by Gasteiger charge is -2.33. The first-order valence-electron chi connectivity index (χ1n) is 6.44. The number of carbonyl (C=O) groups is 1. The van der Waals surface area contributed by atoms with E-state index in [1.165, 1.54) is 12.1 Å². The number of carbonyl (C=O) groups excluding carboxylic acids is 1. The van der Waals surface area contributed by atoms with Crippen LogP contribution < -0.4 is 0 Å². The zero-order valence-corrected chi connectivity index (χ0v) is 10.8. The lowest BCUT2D eigenvalue weighted by molar-refractivity contribution is -0.137. The van der Waals surface area contributed by atoms with Crippen LogP contribution in [0.3, 0.4) is 0 Å². The molecule has 1 aliphatic rings. The minimum absolute atomic E-state index is 0.0204. The normalized spacial score (nSPS) is 19.2. The maximum Gasteiger partial charge on any atom is 0.226 e. The van der Waals surface area contributed by atoms with E-state index in [2.05, 4.69) is 6.58 Å². The molecule has 19 heavy (non-hydrogen) atoms. The Hall–Kier alpha value is -1.68. The van der Waals surface area contributed by atoms with E-state index in [1.54, 1.807) is 23.1 Å². The Morgan fingerprint density at radius 1 is 1.47 bits per heavy atom. The van der Waals surface area contributed by atoms with Gasteiger partial charge in [-0.3, -0.25) is 4.79 Å². The van der Waals surface area contributed by atoms with E-state index in [1.807, 2.05) is 0 Å². The molecule has 102 valence electrons. The van der Waals surface area contributed by atoms with Crippen molar-refractivity contribution in [1.29, 1.82) is 0 Å². The number of amides is 1. The molecule has 2 rings (SSSR count). The van der Waals surface area contributed by atoms with Crippen LogP contribution in [0.2, 0.25) is 0 Å². The van der Waals surface area contributed by atoms with Crippen LogP contribution in [-0.4, -0.2) is 36.6 Å². The van der Waals surface area contributed by atoms with Crippen molar-refractivity contribution >= 4 is 5.91 Å². The molecule has 0 radical (unpaired) electrons. The SMILES string of the molecule is C=CCC(=O)N1CCOC(Cc2ccc(F)cc2)C1. The van der Waals surface area contributed by atoms with Gasteiger partial charge < -0.3 is 9.64 Å². The first-order chi connectivity index (χ1) is 9.19. The maximum atomic E-state index is 12.8. The van der Waals surface area contributed by atoms with Crippen LogP contribution in [0.15, 0.2) is 36.9 Å². The zero-order valence-electron chi connectivity index (χ0n) is 10.8. The Balaban J connectivity index is 1.92. The summed E-state index contributed by atoms with van der Waals surface area (Å²) in [5.74, 6) is -0.154. The highest BCUT2D eigenvalue weighted by Gasteiger charge is 2.23. The Morgan fingerprint density at radius 2 is 2.21 bits per heavy atom. The van der Waals surface area contributed by atoms with Gasteiger partial charge in [0.25, 0.3) is 0 Å². The van der Waals surface area contributed by atoms with E-state index < -0.39 is 0 Å². The summed E-state index contributed by atoms with van der Waals surface area (Å²) in [4.78, 5) is 13.6. The van der Waals surface area contributed by atoms with Crippen LogP contribution in [0.25, 0.3) is 0 Å². The van der Waals surface area contributed by atoms with Gasteiger partial charge in [-0.2, -0.15) is 0 Å². The highest BCUT2D eigenvalue weighted by molar-refractivity contribution is 5.77. The minimum Gasteiger partial charge on any atom is -0.374 e. The number of morpholine rings is 1. The van der Waals surface area contributed by atoms with Gasteiger partial charge in [0.15, 0.2) is 0 Å². The van der Waals surface area contributed by atoms with Crippen LogP contribution in [0.1, 0.15) is 12.0 Å². The number of hydrogen-bond acceptors (Lipinski definition) is 2. The summed E-state index contributed by atoms with van der Waals surface area (Å²) in [6.07, 6.45) is 2.65. The summed E-state index contributed by atoms with van der Waals surface area (Å²) < 4.78 is 18.5. The molecule has 3 nitrogen and oxygen atoms in total. The van der Waals surface area contributed by atoms with Crippen molar-refractivity contribution in [2.24, 2.45) is 0 Å². The molecule has 0 spiro atoms. The number of benzene rings is 1. The van der Waals surface area contributed by atoms with Crippen LogP contribution in [0.4, 0.5) is 4.39 Å². The van der Waals surface area contributed by atoms with E-state index >= 15 is 0 Å². The average molecular weight is 263 g/mol. The van der Waals surface area contributed by atoms with Gasteiger partial charge in [0, 0.05) is 25.9 Å². The lowest BCUT2D eigenvalue weighted by Crippen LogP contribution is -2.46. The summed E-state index contributed by atoms with van der Waals surface area (Å²) >= 11 is 0. The standard InChI is InChI=1S/C15H18FNO2/c1-2-3-15(18)17-8-9-19-14(11-17)10-12-4-6-13(16)7-5-12/h2,4-7,14H,1,3,8-11H2. The number of rotatable bonds is 4. The van der Waals surface area contributed by atoms with Crippen LogP contribution in [0, 0.1) is 5.82 Å². The molecule has 1 heterocycles. The second-order valence-electron chi connectivity index (χ2n) is 4.66. The van der Waals surface area contributed by atoms with E-state index in [9.17, 15) is 9.18 Å². The molecule has 1 aromatic rings. The van der Waals surface area contributed by atoms with Gasteiger partial charge in [-0.1, -0.05) is 18.2 Å². The Kier molecular flexibility index (Phi) is 4.68. The zero-order chi connectivity index (χ0) is 13.7. The first-order valence-corrected chi connectivity index (χ1v) is 6.44. The molecule has 1 unspecified atom stereocenters. The predicted molar refractivity (Wildman–Crippen MR) is 71.2 cm³/mol. The van der Waals surface area contributed by atoms with Gasteiger partial charge in [-0.25, -0.2) is 4.39 Å². The van der Waals surface area contributed by atoms with Crippen molar-refractivity contribution in [3.05, 3.63) is 48.3 Å². The van der Waals surface area contributed by atoms with Crippen molar-refractivity contribution in [1.82, 2.24) is 4.90 Å². The van der Waals surface area contributed by atoms with E-state index in [-0.39, 0.29) is 17.8 Å². The molecule has 1 fully saturated rings. The van der Waals surface area contributed by atoms with Gasteiger partial charge >= 0.3 is 0 Å². The third kappa shape index (κ3) is 3.89. The van der Waals surface area contributed by atoms with Crippen molar-refractivity contribution < 1.29 is 13.9 Å². The van der Waals surface area contributed by atoms with Crippen LogP contribution in [-0.2, 0) is 16.0 Å². The predicted octanol–water partition coefficient (Wildman–Crippen LogP) is 2.17. The second-order valence-corrected chi connectivity index (χ2v) is 4.66. The summed E-state index contributed by atoms with van der Waals surface area (Å²) in [5, 5.41) is 0. The Morgan fingerprint density at radius 3 is 2.89 bits per heavy atom. The summed E-state index contributed by atoms with van der Waals surface area (Å²) in [6, 6.07) is 6.39. The fraction of sp³-hybridized carbons (Fsp3) is 0.400. The minimum atomic E-state index is -0.240. The summed E-state index contributed by atoms with van der Waals surface area (Å²) in [7, 11) is 0. The van der Waals surface area contributed by atoms with Crippen LogP contribution >= 0.6 is 0 Å². The maximum absolute atomic E-state index is 12.8. The molecule has 1 aromatic carbocycles. The van der Waals surface area contributed by atoms with E-state index in [0.29, 0.717) is 32.5 Å². The van der Waals surface area contributed by atoms with E-state index in [0.717, 1.165) is 5.56 Å². The van der Waals surface area contributed by atoms with Gasteiger partial charge in [0.05, 0.1) is 12.7 Å². The average Bonchev–Trinajstić information content (AvgIpc) is 2.42. The molecular formula is C15H18FNO2. The van der Waals surface area contributed by atoms with Gasteiger partial charge in [0.2, 0.25) is 5.91 Å². The molecule has 0 N–H and O–H groups in total. The lowest BCUT2D eigenvalue weighted by atomic mass is 10.1. The molecule has 1 aliphatic heterocycles. The Bertz CT molecular complexity index is 444. The third-order valence-corrected chi connectivity index (χ3v) is 3.19. The van der Waals surface area contributed by atoms with Gasteiger partial charge in [-0.05, 0) is 17.7 Å². The topological polar surface area (TPSA) is 29.5 Å². The molecule has 4 heteroatoms. The number of halogens is 1. The smallest absolute Gasteiger partial charge is 0.226 e. The van der Waals surface area contributed by atoms with Crippen LogP contribution in [0.5, 0.6) is 0 Å². The van der Waals surface area contributed by atoms with Gasteiger partial charge in [-0.15, -0.1) is 6.58 Å². The molecule has 0 aliphatic carbocycles. The van der Waals surface area contributed by atoms with Crippen molar-refractivity contribution in [2.75, 3.05) is 19.7 Å². The third-order valence-electron chi connectivity index (χ3n) is 3.19. The number of hydrogen-bond donors (Lipinski definition) is 0. The van der Waals surface area contributed by atoms with Crippen molar-refractivity contribution in [3.63, 3.8) is 0 Å². The fourth-order valence-corrected chi connectivity index (χ4v) is 2.21. The highest BCUT2D eigenvalue weighted by atomic mass is 19.1. The second kappa shape index (κ2) is 6.48. The quantitative estimate of drug-likeness (QED) is 0.779. The molecular weight excluding hydrogens is 245 g/mol. The molecule has 1 atom stereocenters. The highest BCUT2D eigenvalue weighted by Crippen LogP contribution is 2.13. The molecule has 0 bridgehead atoms. The van der Waals surface area contributed by atoms with Crippen molar-refractivity contribution in [3.8, 4) is 0 Å². The van der Waals surface area contributed by atoms with Crippen molar-refractivity contribution in [2.45, 2.75) is 18.9 Å². The summed E-state index contributed by atoms with van der Waals surface area (Å²) in [5.41, 5.74) is 1.02. The van der Waals surface area contributed by atoms with E-state index in [4.69, 9.17) is 4.74 Å². The Labute approximate surface area is 112 Å². The first kappa shape index (κ1) is 13.7. The molecule has 1 amide bonds.